The van der Waals surface area contributed by atoms with E-state index in [2.05, 4.69) is 0 Å². The fourth-order valence-electron chi connectivity index (χ4n) is 7.99. The Balaban J connectivity index is 1.85. The van der Waals surface area contributed by atoms with Gasteiger partial charge in [-0.3, -0.25) is 9.59 Å². The lowest BCUT2D eigenvalue weighted by atomic mass is 9.82. The van der Waals surface area contributed by atoms with E-state index < -0.39 is 135 Å². The molecule has 0 aromatic carbocycles. The number of carboxylic acids is 1. The number of hydrogen-bond donors (Lipinski definition) is 11. The molecule has 2 bridgehead atoms. The first-order valence-corrected chi connectivity index (χ1v) is 22.2. The zero-order valence-electron chi connectivity index (χ0n) is 37.3. The van der Waals surface area contributed by atoms with Crippen molar-refractivity contribution in [1.82, 2.24) is 0 Å². The average molecular weight is 908 g/mol. The highest BCUT2D eigenvalue weighted by Crippen LogP contribution is 2.38. The number of nitrogens with two attached hydrogens (primary N) is 1. The van der Waals surface area contributed by atoms with Crippen LogP contribution in [0.1, 0.15) is 85.5 Å². The summed E-state index contributed by atoms with van der Waals surface area (Å²) in [6.07, 6.45) is 6.77. The summed E-state index contributed by atoms with van der Waals surface area (Å²) in [4.78, 5) is 25.1. The van der Waals surface area contributed by atoms with Gasteiger partial charge in [-0.1, -0.05) is 98.9 Å². The Morgan fingerprint density at radius 1 is 0.688 bits per heavy atom. The van der Waals surface area contributed by atoms with E-state index in [9.17, 15) is 60.7 Å². The van der Waals surface area contributed by atoms with Crippen LogP contribution in [0.2, 0.25) is 0 Å². The van der Waals surface area contributed by atoms with Crippen LogP contribution in [-0.4, -0.2) is 154 Å². The summed E-state index contributed by atoms with van der Waals surface area (Å²) in [5.41, 5.74) is 6.12. The van der Waals surface area contributed by atoms with E-state index in [1.54, 1.807) is 69.4 Å². The summed E-state index contributed by atoms with van der Waals surface area (Å²) < 4.78 is 23.4. The van der Waals surface area contributed by atoms with Gasteiger partial charge in [-0.15, -0.1) is 0 Å². The molecule has 0 spiro atoms. The maximum Gasteiger partial charge on any atom is 0.311 e. The van der Waals surface area contributed by atoms with Gasteiger partial charge in [-0.05, 0) is 39.5 Å². The number of carbonyl (C=O) groups is 2. The van der Waals surface area contributed by atoms with Gasteiger partial charge in [0.25, 0.3) is 0 Å². The molecule has 2 fully saturated rings. The fraction of sp³-hybridized carbons (Fsp3) is 0.660. The van der Waals surface area contributed by atoms with Crippen molar-refractivity contribution < 1.29 is 79.6 Å². The quantitative estimate of drug-likeness (QED) is 0.180. The molecule has 64 heavy (non-hydrogen) atoms. The number of aliphatic carboxylic acids is 1. The van der Waals surface area contributed by atoms with E-state index in [0.29, 0.717) is 6.42 Å². The van der Waals surface area contributed by atoms with Crippen LogP contribution in [0.25, 0.3) is 0 Å². The number of cyclic esters (lactones) is 1. The van der Waals surface area contributed by atoms with Gasteiger partial charge in [0.05, 0.1) is 67.5 Å². The Morgan fingerprint density at radius 3 is 1.86 bits per heavy atom. The number of rotatable bonds is 3. The third kappa shape index (κ3) is 18.8. The minimum Gasteiger partial charge on any atom is -0.481 e. The van der Waals surface area contributed by atoms with E-state index in [-0.39, 0.29) is 37.7 Å². The highest BCUT2D eigenvalue weighted by molar-refractivity contribution is 5.71. The number of esters is 1. The van der Waals surface area contributed by atoms with Crippen LogP contribution in [0.15, 0.2) is 85.1 Å². The summed E-state index contributed by atoms with van der Waals surface area (Å²) in [6, 6.07) is -0.671. The molecule has 17 nitrogen and oxygen atoms in total. The SMILES string of the molecule is CC1CC(N)C(O)C(O[C@H]2/C=C/C=C/C=C/C=C/C=C/C=C/C=C/[C@H](C)[C@@H](O)[C@@H](C)[C@H](C)OC(=O)C[C@H](O)C[C@H](O)CC[C@@H](O)[C@H](O)C[C@H](O)C[C@]3(O)C[C@H](O)C(C(=O)O)[C@H](C2)O3)O1. The highest BCUT2D eigenvalue weighted by Gasteiger charge is 2.50. The van der Waals surface area contributed by atoms with Crippen molar-refractivity contribution in [3.8, 4) is 0 Å². The van der Waals surface area contributed by atoms with Crippen molar-refractivity contribution in [3.63, 3.8) is 0 Å². The van der Waals surface area contributed by atoms with Gasteiger partial charge in [0, 0.05) is 43.6 Å². The Morgan fingerprint density at radius 2 is 1.27 bits per heavy atom. The van der Waals surface area contributed by atoms with E-state index >= 15 is 0 Å². The molecular weight excluding hydrogens is 835 g/mol. The molecule has 362 valence electrons. The van der Waals surface area contributed by atoms with Gasteiger partial charge in [0.1, 0.15) is 18.1 Å². The lowest BCUT2D eigenvalue weighted by Crippen LogP contribution is -2.57. The molecule has 12 N–H and O–H groups in total. The molecule has 17 heteroatoms. The van der Waals surface area contributed by atoms with Gasteiger partial charge in [-0.2, -0.15) is 0 Å². The minimum absolute atomic E-state index is 0.0938. The molecule has 0 aromatic rings. The number of carbonyl (C=O) groups excluding carboxylic acids is 1. The van der Waals surface area contributed by atoms with Gasteiger partial charge in [0.15, 0.2) is 12.1 Å². The number of ether oxygens (including phenoxy) is 4. The third-order valence-electron chi connectivity index (χ3n) is 11.8. The summed E-state index contributed by atoms with van der Waals surface area (Å²) >= 11 is 0. The molecule has 3 aliphatic heterocycles. The molecule has 0 saturated carbocycles. The molecule has 3 rings (SSSR count). The summed E-state index contributed by atoms with van der Waals surface area (Å²) in [5.74, 6) is -6.69. The number of aliphatic hydroxyl groups is 9. The molecule has 0 radical (unpaired) electrons. The zero-order chi connectivity index (χ0) is 47.6. The average Bonchev–Trinajstić information content (AvgIpc) is 3.19. The van der Waals surface area contributed by atoms with Crippen molar-refractivity contribution in [2.24, 2.45) is 23.5 Å². The van der Waals surface area contributed by atoms with Gasteiger partial charge in [-0.25, -0.2) is 0 Å². The molecule has 18 atom stereocenters. The number of allylic oxidation sites excluding steroid dienone is 12. The maximum absolute atomic E-state index is 12.6. The number of aliphatic hydroxyl groups excluding tert-OH is 8. The van der Waals surface area contributed by atoms with Crippen LogP contribution in [0.5, 0.6) is 0 Å². The Hall–Kier alpha value is -3.40. The maximum atomic E-state index is 12.6. The van der Waals surface area contributed by atoms with Crippen LogP contribution < -0.4 is 5.73 Å². The largest absolute Gasteiger partial charge is 0.481 e. The second-order valence-electron chi connectivity index (χ2n) is 17.5. The van der Waals surface area contributed by atoms with Crippen molar-refractivity contribution in [1.29, 1.82) is 0 Å². The molecular formula is C47H73NO16. The van der Waals surface area contributed by atoms with E-state index in [1.807, 2.05) is 43.4 Å². The summed E-state index contributed by atoms with van der Waals surface area (Å²) in [6.45, 7) is 6.99. The van der Waals surface area contributed by atoms with Crippen molar-refractivity contribution in [3.05, 3.63) is 85.1 Å². The van der Waals surface area contributed by atoms with Gasteiger partial charge < -0.3 is 75.7 Å². The van der Waals surface area contributed by atoms with Crippen LogP contribution in [0.4, 0.5) is 0 Å². The van der Waals surface area contributed by atoms with Gasteiger partial charge >= 0.3 is 11.9 Å². The van der Waals surface area contributed by atoms with Crippen LogP contribution >= 0.6 is 0 Å². The molecule has 5 unspecified atom stereocenters. The standard InChI is InChI=1S/C47H73NO16/c1-28-17-15-13-11-9-7-5-6-8-10-12-14-16-18-35(63-46-44(57)36(48)21-29(2)61-46)25-40-42(45(58)59)39(54)27-47(60,64-40)26-34(51)23-38(53)37(52)20-19-32(49)22-33(50)24-41(55)62-31(4)30(3)43(28)56/h5-18,28-40,42-44,46,49-54,56-57,60H,19-27,48H2,1-4H3,(H,58,59)/b6-5+,9-7+,10-8+,13-11+,14-12+,17-15+,18-16+/t28-,29?,30-,31-,32+,33+,34-,35-,36?,37+,38+,39-,40-,42?,43+,44?,46?,47+/m0/s1. The Labute approximate surface area is 376 Å². The zero-order valence-corrected chi connectivity index (χ0v) is 37.3. The number of carboxylic acid groups (broad SMARTS) is 1. The van der Waals surface area contributed by atoms with Crippen molar-refractivity contribution >= 4 is 11.9 Å². The number of hydrogen-bond acceptors (Lipinski definition) is 16. The first-order valence-electron chi connectivity index (χ1n) is 22.2. The molecule has 0 aromatic heterocycles. The third-order valence-corrected chi connectivity index (χ3v) is 11.8. The van der Waals surface area contributed by atoms with E-state index in [4.69, 9.17) is 24.7 Å². The monoisotopic (exact) mass is 907 g/mol. The first-order chi connectivity index (χ1) is 30.2. The second kappa shape index (κ2) is 27.3. The van der Waals surface area contributed by atoms with Crippen LogP contribution in [-0.2, 0) is 28.5 Å². The Kier molecular flexibility index (Phi) is 23.4. The minimum atomic E-state index is -2.29. The summed E-state index contributed by atoms with van der Waals surface area (Å²) in [7, 11) is 0. The molecule has 3 heterocycles. The Bertz CT molecular complexity index is 1630. The summed E-state index contributed by atoms with van der Waals surface area (Å²) in [5, 5.41) is 108. The molecule has 0 amide bonds. The van der Waals surface area contributed by atoms with Gasteiger partial charge in [0.2, 0.25) is 0 Å². The topological polar surface area (TPSA) is 299 Å². The fourth-order valence-corrected chi connectivity index (χ4v) is 7.99. The smallest absolute Gasteiger partial charge is 0.311 e. The molecule has 0 aliphatic carbocycles. The van der Waals surface area contributed by atoms with Crippen LogP contribution in [0, 0.1) is 17.8 Å². The van der Waals surface area contributed by atoms with E-state index in [0.717, 1.165) is 0 Å². The highest BCUT2D eigenvalue weighted by atomic mass is 16.7. The van der Waals surface area contributed by atoms with Crippen molar-refractivity contribution in [2.75, 3.05) is 0 Å². The molecule has 3 aliphatic rings. The van der Waals surface area contributed by atoms with Crippen LogP contribution in [0.3, 0.4) is 0 Å². The lowest BCUT2D eigenvalue weighted by molar-refractivity contribution is -0.305. The predicted octanol–water partition coefficient (Wildman–Crippen LogP) is 1.74. The first kappa shape index (κ1) is 54.9. The van der Waals surface area contributed by atoms with E-state index in [1.165, 1.54) is 0 Å². The predicted molar refractivity (Wildman–Crippen MR) is 236 cm³/mol. The molecule has 2 saturated heterocycles. The number of fused-ring (bicyclic) bond motifs is 2. The van der Waals surface area contributed by atoms with Crippen molar-refractivity contribution in [2.45, 2.75) is 177 Å². The normalized spacial score (nSPS) is 44.8. The lowest BCUT2D eigenvalue weighted by Gasteiger charge is -2.45. The second-order valence-corrected chi connectivity index (χ2v) is 17.5.